The predicted molar refractivity (Wildman–Crippen MR) is 78.9 cm³/mol. The summed E-state index contributed by atoms with van der Waals surface area (Å²) >= 11 is 1.79. The van der Waals surface area contributed by atoms with Gasteiger partial charge >= 0.3 is 0 Å². The lowest BCUT2D eigenvalue weighted by atomic mass is 10.2. The van der Waals surface area contributed by atoms with Crippen LogP contribution in [0.25, 0.3) is 0 Å². The number of nitrogens with zero attached hydrogens (tertiary/aromatic N) is 1. The second kappa shape index (κ2) is 5.84. The molecule has 2 rings (SSSR count). The van der Waals surface area contributed by atoms with Crippen LogP contribution in [0.2, 0.25) is 0 Å². The molecule has 2 aromatic rings. The average molecular weight is 276 g/mol. The Morgan fingerprint density at radius 2 is 2.16 bits per heavy atom. The topological polar surface area (TPSA) is 55.2 Å². The molecule has 0 aliphatic heterocycles. The summed E-state index contributed by atoms with van der Waals surface area (Å²) in [6.45, 7) is 4.17. The molecule has 0 saturated heterocycles. The van der Waals surface area contributed by atoms with Gasteiger partial charge in [0.15, 0.2) is 0 Å². The summed E-state index contributed by atoms with van der Waals surface area (Å²) < 4.78 is 0. The fourth-order valence-corrected chi connectivity index (χ4v) is 2.96. The van der Waals surface area contributed by atoms with Crippen LogP contribution in [0.5, 0.6) is 0 Å². The largest absolute Gasteiger partial charge is 0.382 e. The molecule has 0 spiro atoms. The van der Waals surface area contributed by atoms with E-state index in [0.717, 1.165) is 12.1 Å². The number of aryl methyl sites for hydroxylation is 1. The fourth-order valence-electron chi connectivity index (χ4n) is 1.94. The van der Waals surface area contributed by atoms with Gasteiger partial charge in [0.05, 0.1) is 4.92 Å². The third-order valence-corrected chi connectivity index (χ3v) is 3.80. The molecule has 0 saturated carbocycles. The molecular formula is C14H16N2O2S. The van der Waals surface area contributed by atoms with Crippen molar-refractivity contribution in [2.45, 2.75) is 26.3 Å². The zero-order valence-corrected chi connectivity index (χ0v) is 11.7. The van der Waals surface area contributed by atoms with Crippen LogP contribution in [-0.4, -0.2) is 11.0 Å². The van der Waals surface area contributed by atoms with Crippen molar-refractivity contribution in [1.29, 1.82) is 0 Å². The zero-order valence-electron chi connectivity index (χ0n) is 10.9. The Morgan fingerprint density at radius 3 is 2.79 bits per heavy atom. The molecule has 4 nitrogen and oxygen atoms in total. The summed E-state index contributed by atoms with van der Waals surface area (Å²) in [7, 11) is 0. The Balaban J connectivity index is 2.00. The van der Waals surface area contributed by atoms with Gasteiger partial charge in [-0.1, -0.05) is 6.07 Å². The Kier molecular flexibility index (Phi) is 4.16. The third-order valence-electron chi connectivity index (χ3n) is 2.77. The fraction of sp³-hybridized carbons (Fsp3) is 0.286. The normalized spacial score (nSPS) is 12.1. The molecule has 1 aromatic carbocycles. The summed E-state index contributed by atoms with van der Waals surface area (Å²) in [5.41, 5.74) is 0.902. The number of benzene rings is 1. The number of hydrogen-bond acceptors (Lipinski definition) is 4. The minimum absolute atomic E-state index is 0.115. The van der Waals surface area contributed by atoms with Gasteiger partial charge in [-0.2, -0.15) is 0 Å². The van der Waals surface area contributed by atoms with Gasteiger partial charge in [-0.3, -0.25) is 10.1 Å². The van der Waals surface area contributed by atoms with Crippen molar-refractivity contribution in [1.82, 2.24) is 0 Å². The maximum absolute atomic E-state index is 10.7. The molecule has 0 radical (unpaired) electrons. The van der Waals surface area contributed by atoms with Crippen LogP contribution in [0.15, 0.2) is 36.4 Å². The van der Waals surface area contributed by atoms with Gasteiger partial charge in [0, 0.05) is 40.0 Å². The van der Waals surface area contributed by atoms with Crippen LogP contribution in [-0.2, 0) is 6.42 Å². The molecule has 0 amide bonds. The highest BCUT2D eigenvalue weighted by Gasteiger charge is 2.09. The third kappa shape index (κ3) is 3.79. The zero-order chi connectivity index (χ0) is 13.8. The van der Waals surface area contributed by atoms with Crippen molar-refractivity contribution >= 4 is 22.7 Å². The van der Waals surface area contributed by atoms with Gasteiger partial charge < -0.3 is 5.32 Å². The molecule has 0 aliphatic rings. The van der Waals surface area contributed by atoms with E-state index in [2.05, 4.69) is 31.3 Å². The first-order valence-corrected chi connectivity index (χ1v) is 6.92. The molecule has 1 aromatic heterocycles. The first-order chi connectivity index (χ1) is 9.04. The van der Waals surface area contributed by atoms with E-state index >= 15 is 0 Å². The lowest BCUT2D eigenvalue weighted by Crippen LogP contribution is -2.17. The van der Waals surface area contributed by atoms with Crippen LogP contribution >= 0.6 is 11.3 Å². The van der Waals surface area contributed by atoms with Crippen molar-refractivity contribution in [3.8, 4) is 0 Å². The smallest absolute Gasteiger partial charge is 0.271 e. The maximum atomic E-state index is 10.7. The van der Waals surface area contributed by atoms with E-state index in [0.29, 0.717) is 0 Å². The Labute approximate surface area is 116 Å². The van der Waals surface area contributed by atoms with E-state index in [1.165, 1.54) is 15.8 Å². The molecular weight excluding hydrogens is 260 g/mol. The number of anilines is 1. The Morgan fingerprint density at radius 1 is 1.37 bits per heavy atom. The number of non-ortho nitro benzene ring substituents is 1. The maximum Gasteiger partial charge on any atom is 0.271 e. The highest BCUT2D eigenvalue weighted by molar-refractivity contribution is 7.11. The quantitative estimate of drug-likeness (QED) is 0.663. The molecule has 0 bridgehead atoms. The van der Waals surface area contributed by atoms with Crippen molar-refractivity contribution in [2.75, 3.05) is 5.32 Å². The number of nitro groups is 1. The Bertz CT molecular complexity index is 580. The summed E-state index contributed by atoms with van der Waals surface area (Å²) in [6.07, 6.45) is 0.918. The van der Waals surface area contributed by atoms with E-state index in [1.807, 2.05) is 6.07 Å². The molecule has 1 heterocycles. The van der Waals surface area contributed by atoms with E-state index in [-0.39, 0.29) is 16.7 Å². The van der Waals surface area contributed by atoms with Gasteiger partial charge in [-0.25, -0.2) is 0 Å². The van der Waals surface area contributed by atoms with Crippen LogP contribution in [0.3, 0.4) is 0 Å². The van der Waals surface area contributed by atoms with Crippen molar-refractivity contribution in [2.24, 2.45) is 0 Å². The minimum Gasteiger partial charge on any atom is -0.382 e. The molecule has 5 heteroatoms. The van der Waals surface area contributed by atoms with Gasteiger partial charge in [0.25, 0.3) is 5.69 Å². The molecule has 19 heavy (non-hydrogen) atoms. The van der Waals surface area contributed by atoms with E-state index in [4.69, 9.17) is 0 Å². The monoisotopic (exact) mass is 276 g/mol. The van der Waals surface area contributed by atoms with E-state index < -0.39 is 0 Å². The molecule has 1 N–H and O–H groups in total. The van der Waals surface area contributed by atoms with E-state index in [9.17, 15) is 10.1 Å². The van der Waals surface area contributed by atoms with Gasteiger partial charge in [0.2, 0.25) is 0 Å². The Hall–Kier alpha value is -1.88. The number of rotatable bonds is 5. The highest BCUT2D eigenvalue weighted by atomic mass is 32.1. The van der Waals surface area contributed by atoms with Gasteiger partial charge in [-0.05, 0) is 32.0 Å². The molecule has 1 atom stereocenters. The molecule has 1 unspecified atom stereocenters. The molecule has 100 valence electrons. The van der Waals surface area contributed by atoms with Crippen molar-refractivity contribution < 1.29 is 4.92 Å². The lowest BCUT2D eigenvalue weighted by Gasteiger charge is -2.14. The molecule has 0 fully saturated rings. The van der Waals surface area contributed by atoms with Gasteiger partial charge in [-0.15, -0.1) is 11.3 Å². The van der Waals surface area contributed by atoms with Crippen molar-refractivity contribution in [3.05, 3.63) is 56.3 Å². The molecule has 0 aliphatic carbocycles. The van der Waals surface area contributed by atoms with Crippen LogP contribution in [0.1, 0.15) is 16.7 Å². The number of nitrogens with one attached hydrogen (secondary N) is 1. The number of nitro benzene ring substituents is 1. The standard InChI is InChI=1S/C14H16N2O2S/c1-10(8-14-7-6-11(2)19-14)15-12-4-3-5-13(9-12)16(17)18/h3-7,9-10,15H,8H2,1-2H3. The lowest BCUT2D eigenvalue weighted by molar-refractivity contribution is -0.384. The number of hydrogen-bond donors (Lipinski definition) is 1. The summed E-state index contributed by atoms with van der Waals surface area (Å²) in [5.74, 6) is 0. The summed E-state index contributed by atoms with van der Waals surface area (Å²) in [5, 5.41) is 14.0. The number of thiophene rings is 1. The second-order valence-corrected chi connectivity index (χ2v) is 5.94. The first kappa shape index (κ1) is 13.5. The highest BCUT2D eigenvalue weighted by Crippen LogP contribution is 2.20. The minimum atomic E-state index is -0.377. The second-order valence-electron chi connectivity index (χ2n) is 4.57. The van der Waals surface area contributed by atoms with E-state index in [1.54, 1.807) is 23.5 Å². The SMILES string of the molecule is Cc1ccc(CC(C)Nc2cccc([N+](=O)[O-])c2)s1. The van der Waals surface area contributed by atoms with Crippen molar-refractivity contribution in [3.63, 3.8) is 0 Å². The first-order valence-electron chi connectivity index (χ1n) is 6.11. The van der Waals surface area contributed by atoms with Crippen LogP contribution in [0, 0.1) is 17.0 Å². The predicted octanol–water partition coefficient (Wildman–Crippen LogP) is 4.01. The van der Waals surface area contributed by atoms with Crippen LogP contribution < -0.4 is 5.32 Å². The summed E-state index contributed by atoms with van der Waals surface area (Å²) in [4.78, 5) is 13.0. The van der Waals surface area contributed by atoms with Crippen LogP contribution in [0.4, 0.5) is 11.4 Å². The average Bonchev–Trinajstić information content (AvgIpc) is 2.74. The summed E-state index contributed by atoms with van der Waals surface area (Å²) in [6, 6.07) is 11.1. The van der Waals surface area contributed by atoms with Gasteiger partial charge in [0.1, 0.15) is 0 Å².